The number of benzene rings is 1. The van der Waals surface area contributed by atoms with Gasteiger partial charge >= 0.3 is 0 Å². The smallest absolute Gasteiger partial charge is 0.228 e. The summed E-state index contributed by atoms with van der Waals surface area (Å²) in [5, 5.41) is 9.31. The van der Waals surface area contributed by atoms with Gasteiger partial charge < -0.3 is 10.0 Å². The fraction of sp³-hybridized carbons (Fsp3) is 0.562. The van der Waals surface area contributed by atoms with Crippen molar-refractivity contribution in [2.45, 2.75) is 31.7 Å². The highest BCUT2D eigenvalue weighted by molar-refractivity contribution is 5.95. The molecule has 1 saturated heterocycles. The van der Waals surface area contributed by atoms with Crippen LogP contribution in [0.5, 0.6) is 0 Å². The summed E-state index contributed by atoms with van der Waals surface area (Å²) < 4.78 is 0. The standard InChI is InChI=1S/C16H22N2O2/c19-12-14-5-3-9-17(14)10-8-16(20)18-11-7-13-4-1-2-6-15(13)18/h1-2,4,6,14,19H,3,5,7-12H2/t14-/m0/s1. The topological polar surface area (TPSA) is 43.8 Å². The van der Waals surface area contributed by atoms with E-state index in [4.69, 9.17) is 0 Å². The molecule has 0 bridgehead atoms. The van der Waals surface area contributed by atoms with E-state index >= 15 is 0 Å². The van der Waals surface area contributed by atoms with E-state index in [1.54, 1.807) is 0 Å². The fourth-order valence-corrected chi connectivity index (χ4v) is 3.37. The highest BCUT2D eigenvalue weighted by atomic mass is 16.3. The number of likely N-dealkylation sites (tertiary alicyclic amines) is 1. The van der Waals surface area contributed by atoms with Crippen LogP contribution < -0.4 is 4.90 Å². The zero-order valence-electron chi connectivity index (χ0n) is 11.8. The van der Waals surface area contributed by atoms with Crippen LogP contribution in [0.1, 0.15) is 24.8 Å². The molecule has 4 heteroatoms. The Bertz CT molecular complexity index is 489. The van der Waals surface area contributed by atoms with Crippen LogP contribution in [-0.4, -0.2) is 48.2 Å². The molecule has 1 atom stereocenters. The first-order chi connectivity index (χ1) is 9.79. The molecule has 1 aromatic carbocycles. The monoisotopic (exact) mass is 274 g/mol. The predicted octanol–water partition coefficient (Wildman–Crippen LogP) is 1.42. The van der Waals surface area contributed by atoms with Crippen molar-refractivity contribution in [3.8, 4) is 0 Å². The average Bonchev–Trinajstić information content (AvgIpc) is 3.11. The second-order valence-electron chi connectivity index (χ2n) is 5.69. The van der Waals surface area contributed by atoms with Crippen molar-refractivity contribution in [1.82, 2.24) is 4.90 Å². The van der Waals surface area contributed by atoms with Crippen LogP contribution in [-0.2, 0) is 11.2 Å². The third-order valence-corrected chi connectivity index (χ3v) is 4.51. The number of nitrogens with zero attached hydrogens (tertiary/aromatic N) is 2. The maximum absolute atomic E-state index is 12.4. The van der Waals surface area contributed by atoms with Crippen LogP contribution in [0.4, 0.5) is 5.69 Å². The van der Waals surface area contributed by atoms with Crippen molar-refractivity contribution in [2.75, 3.05) is 31.1 Å². The number of hydrogen-bond donors (Lipinski definition) is 1. The number of para-hydroxylation sites is 1. The van der Waals surface area contributed by atoms with Crippen LogP contribution in [0, 0.1) is 0 Å². The number of rotatable bonds is 4. The minimum absolute atomic E-state index is 0.207. The number of aliphatic hydroxyl groups excluding tert-OH is 1. The zero-order chi connectivity index (χ0) is 13.9. The van der Waals surface area contributed by atoms with Crippen molar-refractivity contribution in [3.05, 3.63) is 29.8 Å². The maximum Gasteiger partial charge on any atom is 0.228 e. The lowest BCUT2D eigenvalue weighted by Crippen LogP contribution is -2.37. The Hall–Kier alpha value is -1.39. The summed E-state index contributed by atoms with van der Waals surface area (Å²) in [6.07, 6.45) is 3.69. The van der Waals surface area contributed by atoms with Gasteiger partial charge in [0.05, 0.1) is 6.61 Å². The molecular weight excluding hydrogens is 252 g/mol. The number of hydrogen-bond acceptors (Lipinski definition) is 3. The molecule has 0 spiro atoms. The van der Waals surface area contributed by atoms with Gasteiger partial charge in [-0.05, 0) is 37.4 Å². The number of aliphatic hydroxyl groups is 1. The lowest BCUT2D eigenvalue weighted by molar-refractivity contribution is -0.118. The van der Waals surface area contributed by atoms with E-state index in [9.17, 15) is 9.90 Å². The molecule has 3 rings (SSSR count). The number of carbonyl (C=O) groups excluding carboxylic acids is 1. The summed E-state index contributed by atoms with van der Waals surface area (Å²) in [6.45, 7) is 2.79. The maximum atomic E-state index is 12.4. The molecule has 1 N–H and O–H groups in total. The number of fused-ring (bicyclic) bond motifs is 1. The summed E-state index contributed by atoms with van der Waals surface area (Å²) in [6, 6.07) is 8.42. The van der Waals surface area contributed by atoms with Crippen molar-refractivity contribution in [1.29, 1.82) is 0 Å². The summed E-state index contributed by atoms with van der Waals surface area (Å²) in [4.78, 5) is 16.6. The lowest BCUT2D eigenvalue weighted by atomic mass is 10.2. The summed E-state index contributed by atoms with van der Waals surface area (Å²) >= 11 is 0. The molecule has 1 fully saturated rings. The summed E-state index contributed by atoms with van der Waals surface area (Å²) in [7, 11) is 0. The van der Waals surface area contributed by atoms with Gasteiger partial charge in [-0.15, -0.1) is 0 Å². The van der Waals surface area contributed by atoms with Gasteiger partial charge in [0.25, 0.3) is 0 Å². The molecule has 1 aromatic rings. The number of anilines is 1. The van der Waals surface area contributed by atoms with Crippen molar-refractivity contribution < 1.29 is 9.90 Å². The zero-order valence-corrected chi connectivity index (χ0v) is 11.8. The second-order valence-corrected chi connectivity index (χ2v) is 5.69. The predicted molar refractivity (Wildman–Crippen MR) is 78.8 cm³/mol. The van der Waals surface area contributed by atoms with Crippen LogP contribution >= 0.6 is 0 Å². The Morgan fingerprint density at radius 1 is 1.30 bits per heavy atom. The molecule has 2 aliphatic heterocycles. The van der Waals surface area contributed by atoms with Gasteiger partial charge in [-0.3, -0.25) is 9.69 Å². The summed E-state index contributed by atoms with van der Waals surface area (Å²) in [5.74, 6) is 0.207. The first-order valence-electron chi connectivity index (χ1n) is 7.53. The molecule has 1 amide bonds. The van der Waals surface area contributed by atoms with Crippen molar-refractivity contribution >= 4 is 11.6 Å². The van der Waals surface area contributed by atoms with Gasteiger partial charge in [0.15, 0.2) is 0 Å². The Labute approximate surface area is 120 Å². The minimum atomic E-state index is 0.207. The highest BCUT2D eigenvalue weighted by Crippen LogP contribution is 2.28. The molecule has 0 aliphatic carbocycles. The molecule has 0 radical (unpaired) electrons. The molecule has 2 heterocycles. The normalized spacial score (nSPS) is 22.2. The van der Waals surface area contributed by atoms with Crippen LogP contribution in [0.25, 0.3) is 0 Å². The highest BCUT2D eigenvalue weighted by Gasteiger charge is 2.27. The molecule has 0 saturated carbocycles. The van der Waals surface area contributed by atoms with Crippen LogP contribution in [0.3, 0.4) is 0 Å². The van der Waals surface area contributed by atoms with E-state index in [2.05, 4.69) is 11.0 Å². The van der Waals surface area contributed by atoms with Crippen molar-refractivity contribution in [2.24, 2.45) is 0 Å². The second kappa shape index (κ2) is 5.94. The first kappa shape index (κ1) is 13.6. The summed E-state index contributed by atoms with van der Waals surface area (Å²) in [5.41, 5.74) is 2.35. The Morgan fingerprint density at radius 3 is 3.00 bits per heavy atom. The van der Waals surface area contributed by atoms with Gasteiger partial charge in [-0.1, -0.05) is 18.2 Å². The van der Waals surface area contributed by atoms with E-state index in [0.717, 1.165) is 44.6 Å². The number of carbonyl (C=O) groups is 1. The third kappa shape index (κ3) is 2.58. The molecule has 4 nitrogen and oxygen atoms in total. The first-order valence-corrected chi connectivity index (χ1v) is 7.53. The van der Waals surface area contributed by atoms with Gasteiger partial charge in [-0.2, -0.15) is 0 Å². The Kier molecular flexibility index (Phi) is 4.03. The van der Waals surface area contributed by atoms with Gasteiger partial charge in [0, 0.05) is 31.2 Å². The van der Waals surface area contributed by atoms with Crippen LogP contribution in [0.15, 0.2) is 24.3 Å². The largest absolute Gasteiger partial charge is 0.395 e. The van der Waals surface area contributed by atoms with Crippen LogP contribution in [0.2, 0.25) is 0 Å². The third-order valence-electron chi connectivity index (χ3n) is 4.51. The SMILES string of the molecule is O=C(CCN1CCC[C@H]1CO)N1CCc2ccccc21. The molecule has 108 valence electrons. The van der Waals surface area contributed by atoms with E-state index in [0.29, 0.717) is 6.42 Å². The molecule has 0 aromatic heterocycles. The molecule has 0 unspecified atom stereocenters. The quantitative estimate of drug-likeness (QED) is 0.903. The van der Waals surface area contributed by atoms with E-state index < -0.39 is 0 Å². The van der Waals surface area contributed by atoms with E-state index in [-0.39, 0.29) is 18.6 Å². The average molecular weight is 274 g/mol. The van der Waals surface area contributed by atoms with Gasteiger partial charge in [0.1, 0.15) is 0 Å². The lowest BCUT2D eigenvalue weighted by Gasteiger charge is -2.24. The van der Waals surface area contributed by atoms with Crippen molar-refractivity contribution in [3.63, 3.8) is 0 Å². The van der Waals surface area contributed by atoms with E-state index in [1.165, 1.54) is 5.56 Å². The number of amides is 1. The van der Waals surface area contributed by atoms with E-state index in [1.807, 2.05) is 23.1 Å². The fourth-order valence-electron chi connectivity index (χ4n) is 3.37. The molecule has 2 aliphatic rings. The van der Waals surface area contributed by atoms with Gasteiger partial charge in [-0.25, -0.2) is 0 Å². The van der Waals surface area contributed by atoms with Gasteiger partial charge in [0.2, 0.25) is 5.91 Å². The Balaban J connectivity index is 1.58. The molecule has 20 heavy (non-hydrogen) atoms. The molecular formula is C16H22N2O2. The Morgan fingerprint density at radius 2 is 2.15 bits per heavy atom. The minimum Gasteiger partial charge on any atom is -0.395 e.